The highest BCUT2D eigenvalue weighted by molar-refractivity contribution is 5.79. The van der Waals surface area contributed by atoms with E-state index in [-0.39, 0.29) is 16.0 Å². The zero-order valence-corrected chi connectivity index (χ0v) is 6.41. The van der Waals surface area contributed by atoms with Crippen molar-refractivity contribution in [1.29, 1.82) is 0 Å². The van der Waals surface area contributed by atoms with E-state index in [0.717, 1.165) is 4.68 Å². The average molecular weight is 183 g/mol. The molecule has 0 saturated heterocycles. The Hall–Kier alpha value is -2.19. The molecule has 0 unspecified atom stereocenters. The lowest BCUT2D eigenvalue weighted by molar-refractivity contribution is -0.388. The summed E-state index contributed by atoms with van der Waals surface area (Å²) >= 11 is 0. The van der Waals surface area contributed by atoms with Crippen molar-refractivity contribution in [3.05, 3.63) is 15.3 Å². The molecule has 0 saturated carbocycles. The van der Waals surface area contributed by atoms with Crippen LogP contribution in [0.1, 0.15) is 0 Å². The maximum Gasteiger partial charge on any atom is 0.420 e. The zero-order chi connectivity index (χ0) is 9.59. The van der Waals surface area contributed by atoms with E-state index < -0.39 is 10.7 Å². The summed E-state index contributed by atoms with van der Waals surface area (Å²) in [6, 6.07) is 0. The van der Waals surface area contributed by atoms with Crippen LogP contribution in [0.5, 0.6) is 0 Å². The Balaban J connectivity index is 2.87. The molecule has 0 aliphatic rings. The number of aryl methyl sites for hydroxylation is 1. The van der Waals surface area contributed by atoms with Crippen LogP contribution in [0.15, 0.2) is 0 Å². The van der Waals surface area contributed by atoms with Crippen molar-refractivity contribution in [3.63, 3.8) is 0 Å². The first kappa shape index (κ1) is 7.46. The smallest absolute Gasteiger partial charge is 0.420 e. The van der Waals surface area contributed by atoms with Gasteiger partial charge >= 0.3 is 5.82 Å². The van der Waals surface area contributed by atoms with Crippen LogP contribution in [-0.2, 0) is 7.05 Å². The molecule has 2 heterocycles. The highest BCUT2D eigenvalue weighted by atomic mass is 16.6. The Bertz CT molecular complexity index is 483. The quantitative estimate of drug-likeness (QED) is 0.431. The van der Waals surface area contributed by atoms with Gasteiger partial charge < -0.3 is 15.3 Å². The maximum absolute atomic E-state index is 10.9. The van der Waals surface area contributed by atoms with E-state index in [1.807, 2.05) is 0 Å². The maximum atomic E-state index is 10.9. The lowest BCUT2D eigenvalue weighted by Crippen LogP contribution is -1.98. The molecule has 9 nitrogen and oxygen atoms in total. The van der Waals surface area contributed by atoms with E-state index in [4.69, 9.17) is 0 Å². The first-order valence-corrected chi connectivity index (χ1v) is 3.21. The van der Waals surface area contributed by atoms with Gasteiger partial charge in [0, 0.05) is 0 Å². The molecule has 0 aromatic carbocycles. The minimum absolute atomic E-state index is 0.0216. The second-order valence-corrected chi connectivity index (χ2v) is 2.34. The summed E-state index contributed by atoms with van der Waals surface area (Å²) in [5, 5.41) is 31.2. The Morgan fingerprint density at radius 1 is 1.54 bits per heavy atom. The molecule has 2 rings (SSSR count). The third-order valence-corrected chi connectivity index (χ3v) is 1.55. The van der Waals surface area contributed by atoms with E-state index in [1.165, 1.54) is 7.05 Å². The van der Waals surface area contributed by atoms with Gasteiger partial charge in [-0.2, -0.15) is 4.68 Å². The summed E-state index contributed by atoms with van der Waals surface area (Å²) in [6.45, 7) is 0. The van der Waals surface area contributed by atoms with Gasteiger partial charge in [0.05, 0.1) is 12.1 Å². The third kappa shape index (κ3) is 0.832. The zero-order valence-electron chi connectivity index (χ0n) is 6.41. The lowest BCUT2D eigenvalue weighted by atomic mass is 10.5. The van der Waals surface area contributed by atoms with Crippen molar-refractivity contribution < 1.29 is 4.92 Å². The standard InChI is InChI=1S/C4H3N6O3/c1-8-4-2(5-7-9(4)11)3(6-8)10(12)13/h1H3/q-1. The molecule has 0 aliphatic carbocycles. The van der Waals surface area contributed by atoms with Crippen molar-refractivity contribution in [3.8, 4) is 0 Å². The van der Waals surface area contributed by atoms with Crippen LogP contribution in [0.3, 0.4) is 0 Å². The Kier molecular flexibility index (Phi) is 1.23. The number of hydrogen-bond donors (Lipinski definition) is 0. The molecule has 2 aromatic rings. The van der Waals surface area contributed by atoms with Crippen LogP contribution in [0.2, 0.25) is 0 Å². The SMILES string of the molecule is Cn1nc([N+](=O)[O-])c2nnn([O-])c21. The largest absolute Gasteiger partial charge is 0.788 e. The van der Waals surface area contributed by atoms with E-state index in [2.05, 4.69) is 15.4 Å². The molecule has 0 spiro atoms. The predicted octanol–water partition coefficient (Wildman–Crippen LogP) is -0.581. The Morgan fingerprint density at radius 3 is 2.85 bits per heavy atom. The molecule has 9 heteroatoms. The summed E-state index contributed by atoms with van der Waals surface area (Å²) in [7, 11) is 1.41. The van der Waals surface area contributed by atoms with Gasteiger partial charge in [0.15, 0.2) is 0 Å². The molecule has 0 bridgehead atoms. The normalized spacial score (nSPS) is 10.8. The molecule has 0 fully saturated rings. The van der Waals surface area contributed by atoms with Crippen LogP contribution in [0.25, 0.3) is 11.2 Å². The molecule has 0 radical (unpaired) electrons. The summed E-state index contributed by atoms with van der Waals surface area (Å²) in [5.41, 5.74) is -0.116. The molecule has 2 aromatic heterocycles. The lowest BCUT2D eigenvalue weighted by Gasteiger charge is -1.99. The average Bonchev–Trinajstić information content (AvgIpc) is 2.55. The van der Waals surface area contributed by atoms with Gasteiger partial charge in [0.1, 0.15) is 0 Å². The first-order valence-electron chi connectivity index (χ1n) is 3.21. The molecule has 0 aliphatic heterocycles. The van der Waals surface area contributed by atoms with Crippen molar-refractivity contribution >= 4 is 17.0 Å². The monoisotopic (exact) mass is 183 g/mol. The summed E-state index contributed by atoms with van der Waals surface area (Å²) in [6.07, 6.45) is 0. The second kappa shape index (κ2) is 2.15. The van der Waals surface area contributed by atoms with E-state index >= 15 is 0 Å². The van der Waals surface area contributed by atoms with Gasteiger partial charge in [0.25, 0.3) is 0 Å². The second-order valence-electron chi connectivity index (χ2n) is 2.34. The van der Waals surface area contributed by atoms with Crippen LogP contribution in [-0.4, -0.2) is 29.9 Å². The molecular formula is C4H3N6O3-. The first-order chi connectivity index (χ1) is 6.11. The van der Waals surface area contributed by atoms with Crippen LogP contribution in [0, 0.1) is 15.3 Å². The fraction of sp³-hybridized carbons (Fsp3) is 0.250. The number of nitrogens with zero attached hydrogens (tertiary/aromatic N) is 6. The minimum atomic E-state index is -0.711. The molecule has 68 valence electrons. The molecule has 13 heavy (non-hydrogen) atoms. The number of rotatable bonds is 1. The molecular weight excluding hydrogens is 180 g/mol. The summed E-state index contributed by atoms with van der Waals surface area (Å²) < 4.78 is 1.07. The third-order valence-electron chi connectivity index (χ3n) is 1.55. The van der Waals surface area contributed by atoms with Crippen molar-refractivity contribution in [2.45, 2.75) is 0 Å². The Labute approximate surface area is 70.3 Å². The van der Waals surface area contributed by atoms with Gasteiger partial charge in [0.2, 0.25) is 11.2 Å². The van der Waals surface area contributed by atoms with Crippen LogP contribution < -0.4 is 0 Å². The predicted molar refractivity (Wildman–Crippen MR) is 39.7 cm³/mol. The van der Waals surface area contributed by atoms with Gasteiger partial charge in [-0.1, -0.05) is 5.21 Å². The highest BCUT2D eigenvalue weighted by Gasteiger charge is 2.23. The van der Waals surface area contributed by atoms with Gasteiger partial charge in [-0.15, -0.1) is 5.10 Å². The number of hydrogen-bond acceptors (Lipinski definition) is 6. The van der Waals surface area contributed by atoms with Gasteiger partial charge in [-0.25, -0.2) is 0 Å². The number of nitro groups is 1. The van der Waals surface area contributed by atoms with Crippen molar-refractivity contribution in [1.82, 2.24) is 24.9 Å². The topological polar surface area (TPSA) is 115 Å². The molecule has 0 amide bonds. The molecule has 0 atom stereocenters. The number of aromatic nitrogens is 5. The summed E-state index contributed by atoms with van der Waals surface area (Å²) in [4.78, 5) is 9.87. The number of fused-ring (bicyclic) bond motifs is 1. The Morgan fingerprint density at radius 2 is 2.23 bits per heavy atom. The van der Waals surface area contributed by atoms with Crippen molar-refractivity contribution in [2.24, 2.45) is 7.05 Å². The van der Waals surface area contributed by atoms with Crippen LogP contribution >= 0.6 is 0 Å². The highest BCUT2D eigenvalue weighted by Crippen LogP contribution is 2.20. The van der Waals surface area contributed by atoms with E-state index in [9.17, 15) is 15.3 Å². The van der Waals surface area contributed by atoms with Gasteiger partial charge in [-0.05, 0) is 4.92 Å². The van der Waals surface area contributed by atoms with E-state index in [0.29, 0.717) is 0 Å². The van der Waals surface area contributed by atoms with E-state index in [1.54, 1.807) is 0 Å². The fourth-order valence-electron chi connectivity index (χ4n) is 1.04. The van der Waals surface area contributed by atoms with Crippen molar-refractivity contribution in [2.75, 3.05) is 0 Å². The van der Waals surface area contributed by atoms with Crippen LogP contribution in [0.4, 0.5) is 5.82 Å². The molecule has 0 N–H and O–H groups in total. The summed E-state index contributed by atoms with van der Waals surface area (Å²) in [5.74, 6) is -0.459. The van der Waals surface area contributed by atoms with Gasteiger partial charge in [-0.3, -0.25) is 4.85 Å². The minimum Gasteiger partial charge on any atom is -0.788 e. The fourth-order valence-corrected chi connectivity index (χ4v) is 1.04.